The number of benzene rings is 2. The lowest BCUT2D eigenvalue weighted by atomic mass is 10.1. The summed E-state index contributed by atoms with van der Waals surface area (Å²) in [6, 6.07) is 17.5. The standard InChI is InChI=1S/C21H21N3O2/c1-3-17-14-23(18-11-7-8-12-19(18)26-17)21(25)20-15(2)13-24(22-20)16-9-5-4-6-10-16/h4-13,17H,3,14H2,1-2H3/t17-/m0/s1. The molecule has 0 N–H and O–H groups in total. The minimum absolute atomic E-state index is 0.00892. The minimum atomic E-state index is -0.0913. The third kappa shape index (κ3) is 2.86. The monoisotopic (exact) mass is 347 g/mol. The first-order valence-electron chi connectivity index (χ1n) is 8.86. The van der Waals surface area contributed by atoms with Gasteiger partial charge in [0.15, 0.2) is 5.69 Å². The van der Waals surface area contributed by atoms with E-state index in [-0.39, 0.29) is 12.0 Å². The van der Waals surface area contributed by atoms with Crippen molar-refractivity contribution >= 4 is 11.6 Å². The molecule has 3 aromatic rings. The van der Waals surface area contributed by atoms with E-state index >= 15 is 0 Å². The number of carbonyl (C=O) groups excluding carboxylic acids is 1. The molecule has 132 valence electrons. The van der Waals surface area contributed by atoms with Crippen molar-refractivity contribution in [2.75, 3.05) is 11.4 Å². The van der Waals surface area contributed by atoms with Crippen molar-refractivity contribution in [3.63, 3.8) is 0 Å². The fourth-order valence-corrected chi connectivity index (χ4v) is 3.22. The summed E-state index contributed by atoms with van der Waals surface area (Å²) >= 11 is 0. The second-order valence-electron chi connectivity index (χ2n) is 6.47. The van der Waals surface area contributed by atoms with Gasteiger partial charge in [0.05, 0.1) is 17.9 Å². The van der Waals surface area contributed by atoms with Crippen LogP contribution in [0.15, 0.2) is 60.8 Å². The summed E-state index contributed by atoms with van der Waals surface area (Å²) in [6.45, 7) is 4.52. The van der Waals surface area contributed by atoms with Crippen molar-refractivity contribution < 1.29 is 9.53 Å². The Labute approximate surface area is 152 Å². The molecule has 0 radical (unpaired) electrons. The van der Waals surface area contributed by atoms with Crippen LogP contribution in [0.4, 0.5) is 5.69 Å². The van der Waals surface area contributed by atoms with Crippen LogP contribution >= 0.6 is 0 Å². The molecule has 2 heterocycles. The van der Waals surface area contributed by atoms with Gasteiger partial charge in [0, 0.05) is 11.8 Å². The van der Waals surface area contributed by atoms with Gasteiger partial charge in [0.2, 0.25) is 0 Å². The maximum atomic E-state index is 13.3. The van der Waals surface area contributed by atoms with Crippen LogP contribution < -0.4 is 9.64 Å². The lowest BCUT2D eigenvalue weighted by molar-refractivity contribution is 0.0948. The Kier molecular flexibility index (Phi) is 4.21. The largest absolute Gasteiger partial charge is 0.486 e. The van der Waals surface area contributed by atoms with Crippen LogP contribution in [0, 0.1) is 6.92 Å². The fraction of sp³-hybridized carbons (Fsp3) is 0.238. The molecule has 5 nitrogen and oxygen atoms in total. The summed E-state index contributed by atoms with van der Waals surface area (Å²) < 4.78 is 7.74. The third-order valence-corrected chi connectivity index (χ3v) is 4.66. The Bertz CT molecular complexity index is 933. The van der Waals surface area contributed by atoms with Gasteiger partial charge >= 0.3 is 0 Å². The summed E-state index contributed by atoms with van der Waals surface area (Å²) in [5, 5.41) is 4.56. The topological polar surface area (TPSA) is 47.4 Å². The van der Waals surface area contributed by atoms with Gasteiger partial charge < -0.3 is 4.74 Å². The van der Waals surface area contributed by atoms with Crippen molar-refractivity contribution in [1.82, 2.24) is 9.78 Å². The predicted octanol–water partition coefficient (Wildman–Crippen LogP) is 4.00. The lowest BCUT2D eigenvalue weighted by Gasteiger charge is -2.34. The molecule has 2 aromatic carbocycles. The summed E-state index contributed by atoms with van der Waals surface area (Å²) in [7, 11) is 0. The first-order valence-corrected chi connectivity index (χ1v) is 8.86. The number of amides is 1. The highest BCUT2D eigenvalue weighted by Gasteiger charge is 2.31. The number of aromatic nitrogens is 2. The number of anilines is 1. The molecular weight excluding hydrogens is 326 g/mol. The molecular formula is C21H21N3O2. The summed E-state index contributed by atoms with van der Waals surface area (Å²) in [4.78, 5) is 15.1. The molecule has 5 heteroatoms. The molecule has 26 heavy (non-hydrogen) atoms. The first kappa shape index (κ1) is 16.4. The zero-order chi connectivity index (χ0) is 18.1. The molecule has 1 amide bonds. The number of hydrogen-bond acceptors (Lipinski definition) is 3. The van der Waals surface area contributed by atoms with E-state index in [0.29, 0.717) is 12.2 Å². The number of aryl methyl sites for hydroxylation is 1. The fourth-order valence-electron chi connectivity index (χ4n) is 3.22. The Hall–Kier alpha value is -3.08. The number of para-hydroxylation sites is 3. The number of rotatable bonds is 3. The summed E-state index contributed by atoms with van der Waals surface area (Å²) in [5.41, 5.74) is 3.07. The Morgan fingerprint density at radius 2 is 1.88 bits per heavy atom. The molecule has 4 rings (SSSR count). The van der Waals surface area contributed by atoms with E-state index in [9.17, 15) is 4.79 Å². The maximum Gasteiger partial charge on any atom is 0.279 e. The molecule has 0 bridgehead atoms. The Balaban J connectivity index is 1.71. The van der Waals surface area contributed by atoms with E-state index in [0.717, 1.165) is 29.1 Å². The first-order chi connectivity index (χ1) is 12.7. The predicted molar refractivity (Wildman–Crippen MR) is 101 cm³/mol. The molecule has 0 unspecified atom stereocenters. The average Bonchev–Trinajstić information content (AvgIpc) is 3.09. The van der Waals surface area contributed by atoms with E-state index in [1.54, 1.807) is 9.58 Å². The van der Waals surface area contributed by atoms with Crippen molar-refractivity contribution in [2.24, 2.45) is 0 Å². The normalized spacial score (nSPS) is 16.1. The van der Waals surface area contributed by atoms with E-state index < -0.39 is 0 Å². The van der Waals surface area contributed by atoms with Crippen LogP contribution in [0.5, 0.6) is 5.75 Å². The lowest BCUT2D eigenvalue weighted by Crippen LogP contribution is -2.43. The van der Waals surface area contributed by atoms with Gasteiger partial charge in [-0.15, -0.1) is 0 Å². The second-order valence-corrected chi connectivity index (χ2v) is 6.47. The van der Waals surface area contributed by atoms with E-state index in [1.807, 2.05) is 67.7 Å². The molecule has 0 fully saturated rings. The summed E-state index contributed by atoms with van der Waals surface area (Å²) in [6.07, 6.45) is 2.73. The maximum absolute atomic E-state index is 13.3. The highest BCUT2D eigenvalue weighted by atomic mass is 16.5. The third-order valence-electron chi connectivity index (χ3n) is 4.66. The molecule has 0 aliphatic carbocycles. The number of ether oxygens (including phenoxy) is 1. The highest BCUT2D eigenvalue weighted by molar-refractivity contribution is 6.06. The number of fused-ring (bicyclic) bond motifs is 1. The van der Waals surface area contributed by atoms with Crippen LogP contribution in [0.2, 0.25) is 0 Å². The minimum Gasteiger partial charge on any atom is -0.486 e. The number of nitrogens with zero attached hydrogens (tertiary/aromatic N) is 3. The molecule has 1 aliphatic heterocycles. The van der Waals surface area contributed by atoms with Crippen LogP contribution in [-0.2, 0) is 0 Å². The number of carbonyl (C=O) groups is 1. The van der Waals surface area contributed by atoms with Gasteiger partial charge in [0.25, 0.3) is 5.91 Å². The number of hydrogen-bond donors (Lipinski definition) is 0. The van der Waals surface area contributed by atoms with Crippen LogP contribution in [0.3, 0.4) is 0 Å². The zero-order valence-corrected chi connectivity index (χ0v) is 14.9. The van der Waals surface area contributed by atoms with Crippen LogP contribution in [0.25, 0.3) is 5.69 Å². The van der Waals surface area contributed by atoms with E-state index in [1.165, 1.54) is 0 Å². The molecule has 1 aromatic heterocycles. The van der Waals surface area contributed by atoms with Crippen molar-refractivity contribution in [2.45, 2.75) is 26.4 Å². The van der Waals surface area contributed by atoms with Gasteiger partial charge in [-0.2, -0.15) is 5.10 Å². The van der Waals surface area contributed by atoms with Crippen molar-refractivity contribution in [3.8, 4) is 11.4 Å². The Morgan fingerprint density at radius 1 is 1.15 bits per heavy atom. The average molecular weight is 347 g/mol. The van der Waals surface area contributed by atoms with E-state index in [4.69, 9.17) is 4.74 Å². The van der Waals surface area contributed by atoms with Gasteiger partial charge in [-0.3, -0.25) is 9.69 Å². The van der Waals surface area contributed by atoms with Crippen LogP contribution in [-0.4, -0.2) is 28.3 Å². The van der Waals surface area contributed by atoms with Gasteiger partial charge in [-0.05, 0) is 37.6 Å². The molecule has 0 spiro atoms. The zero-order valence-electron chi connectivity index (χ0n) is 14.9. The quantitative estimate of drug-likeness (QED) is 0.719. The van der Waals surface area contributed by atoms with Crippen molar-refractivity contribution in [3.05, 3.63) is 72.1 Å². The molecule has 0 saturated heterocycles. The molecule has 0 saturated carbocycles. The Morgan fingerprint density at radius 3 is 2.65 bits per heavy atom. The summed E-state index contributed by atoms with van der Waals surface area (Å²) in [5.74, 6) is 0.658. The highest BCUT2D eigenvalue weighted by Crippen LogP contribution is 2.34. The molecule has 1 aliphatic rings. The molecule has 1 atom stereocenters. The van der Waals surface area contributed by atoms with Gasteiger partial charge in [0.1, 0.15) is 11.9 Å². The van der Waals surface area contributed by atoms with Crippen LogP contribution in [0.1, 0.15) is 29.4 Å². The second kappa shape index (κ2) is 6.67. The van der Waals surface area contributed by atoms with Gasteiger partial charge in [-0.1, -0.05) is 37.3 Å². The van der Waals surface area contributed by atoms with E-state index in [2.05, 4.69) is 12.0 Å². The smallest absolute Gasteiger partial charge is 0.279 e. The van der Waals surface area contributed by atoms with Crippen molar-refractivity contribution in [1.29, 1.82) is 0 Å². The van der Waals surface area contributed by atoms with Gasteiger partial charge in [-0.25, -0.2) is 4.68 Å². The SMILES string of the molecule is CC[C@H]1CN(C(=O)c2nn(-c3ccccc3)cc2C)c2ccccc2O1.